The average Bonchev–Trinajstić information content (AvgIpc) is 3.39. The van der Waals surface area contributed by atoms with E-state index in [1.807, 2.05) is 18.2 Å². The Morgan fingerprint density at radius 1 is 1.27 bits per heavy atom. The minimum Gasteiger partial charge on any atom is -0.492 e. The van der Waals surface area contributed by atoms with Crippen LogP contribution in [0.3, 0.4) is 0 Å². The third-order valence-corrected chi connectivity index (χ3v) is 5.48. The molecule has 0 saturated carbocycles. The summed E-state index contributed by atoms with van der Waals surface area (Å²) in [5.41, 5.74) is 7.48. The number of carboxylic acids is 1. The first-order chi connectivity index (χ1) is 14.5. The number of ether oxygens (including phenoxy) is 1. The van der Waals surface area contributed by atoms with Gasteiger partial charge in [-0.1, -0.05) is 12.1 Å². The standard InChI is InChI=1S/C23H25N3O4/c24-22(25)15-5-8-21-16(10-15)11-19(30-21)12-20(23(27)28)14-3-6-18(7-4-14)29-13-17-2-1-9-26-17/h3-8,10-11,17,20,26H,1-2,9,12-13H2,(H3,24,25)(H,27,28)/t17-,20?/m0/s1. The zero-order valence-electron chi connectivity index (χ0n) is 16.6. The molecule has 2 atom stereocenters. The highest BCUT2D eigenvalue weighted by molar-refractivity contribution is 5.98. The maximum Gasteiger partial charge on any atom is 0.311 e. The van der Waals surface area contributed by atoms with Gasteiger partial charge in [-0.15, -0.1) is 0 Å². The number of nitrogen functional groups attached to an aromatic ring is 1. The zero-order valence-corrected chi connectivity index (χ0v) is 16.6. The van der Waals surface area contributed by atoms with Gasteiger partial charge >= 0.3 is 5.97 Å². The summed E-state index contributed by atoms with van der Waals surface area (Å²) in [7, 11) is 0. The number of nitrogens with two attached hydrogens (primary N) is 1. The average molecular weight is 407 g/mol. The summed E-state index contributed by atoms with van der Waals surface area (Å²) in [5.74, 6) is -0.357. The number of carboxylic acid groups (broad SMARTS) is 1. The molecule has 1 unspecified atom stereocenters. The molecule has 0 aliphatic carbocycles. The summed E-state index contributed by atoms with van der Waals surface area (Å²) in [6, 6.07) is 14.7. The molecule has 1 aliphatic heterocycles. The molecule has 1 aliphatic rings. The Morgan fingerprint density at radius 2 is 2.07 bits per heavy atom. The van der Waals surface area contributed by atoms with Crippen molar-refractivity contribution in [3.05, 3.63) is 65.4 Å². The smallest absolute Gasteiger partial charge is 0.311 e. The van der Waals surface area contributed by atoms with Crippen molar-refractivity contribution in [1.82, 2.24) is 5.32 Å². The van der Waals surface area contributed by atoms with Gasteiger partial charge in [-0.25, -0.2) is 0 Å². The van der Waals surface area contributed by atoms with E-state index in [9.17, 15) is 9.90 Å². The van der Waals surface area contributed by atoms with Crippen molar-refractivity contribution in [3.8, 4) is 5.75 Å². The molecule has 0 spiro atoms. The first-order valence-corrected chi connectivity index (χ1v) is 10.1. The molecule has 2 heterocycles. The van der Waals surface area contributed by atoms with E-state index in [1.54, 1.807) is 30.3 Å². The van der Waals surface area contributed by atoms with Crippen molar-refractivity contribution in [2.75, 3.05) is 13.2 Å². The van der Waals surface area contributed by atoms with E-state index in [1.165, 1.54) is 6.42 Å². The van der Waals surface area contributed by atoms with Crippen LogP contribution >= 0.6 is 0 Å². The van der Waals surface area contributed by atoms with Crippen LogP contribution in [0, 0.1) is 5.41 Å². The van der Waals surface area contributed by atoms with Crippen LogP contribution in [0.1, 0.15) is 35.6 Å². The number of carbonyl (C=O) groups is 1. The van der Waals surface area contributed by atoms with Gasteiger partial charge in [-0.3, -0.25) is 10.2 Å². The molecule has 1 aromatic heterocycles. The van der Waals surface area contributed by atoms with Crippen LogP contribution in [0.15, 0.2) is 52.9 Å². The summed E-state index contributed by atoms with van der Waals surface area (Å²) in [5, 5.41) is 21.5. The van der Waals surface area contributed by atoms with Crippen molar-refractivity contribution in [2.45, 2.75) is 31.2 Å². The largest absolute Gasteiger partial charge is 0.492 e. The Bertz CT molecular complexity index is 1050. The molecule has 3 aromatic rings. The van der Waals surface area contributed by atoms with Gasteiger partial charge in [0, 0.05) is 23.4 Å². The third-order valence-electron chi connectivity index (χ3n) is 5.48. The second-order valence-electron chi connectivity index (χ2n) is 7.65. The SMILES string of the molecule is N=C(N)c1ccc2oc(CC(C(=O)O)c3ccc(OC[C@@H]4CCCN4)cc3)cc2c1. The topological polar surface area (TPSA) is 122 Å². The maximum absolute atomic E-state index is 11.9. The molecule has 0 radical (unpaired) electrons. The molecule has 2 aromatic carbocycles. The van der Waals surface area contributed by atoms with Crippen LogP contribution in [0.4, 0.5) is 0 Å². The molecule has 4 rings (SSSR count). The van der Waals surface area contributed by atoms with Crippen molar-refractivity contribution in [3.63, 3.8) is 0 Å². The number of furan rings is 1. The van der Waals surface area contributed by atoms with Gasteiger partial charge in [0.1, 0.15) is 29.5 Å². The molecule has 30 heavy (non-hydrogen) atoms. The molecule has 7 nitrogen and oxygen atoms in total. The van der Waals surface area contributed by atoms with Crippen molar-refractivity contribution in [1.29, 1.82) is 5.41 Å². The van der Waals surface area contributed by atoms with Crippen LogP contribution < -0.4 is 15.8 Å². The quantitative estimate of drug-likeness (QED) is 0.336. The van der Waals surface area contributed by atoms with E-state index in [0.717, 1.165) is 24.1 Å². The second-order valence-corrected chi connectivity index (χ2v) is 7.65. The number of hydrogen-bond acceptors (Lipinski definition) is 5. The zero-order chi connectivity index (χ0) is 21.1. The Kier molecular flexibility index (Phi) is 5.72. The number of benzene rings is 2. The van der Waals surface area contributed by atoms with Crippen LogP contribution in [0.2, 0.25) is 0 Å². The van der Waals surface area contributed by atoms with Gasteiger partial charge in [-0.05, 0) is 61.3 Å². The Morgan fingerprint density at radius 3 is 2.73 bits per heavy atom. The van der Waals surface area contributed by atoms with Crippen LogP contribution in [0.5, 0.6) is 5.75 Å². The number of amidine groups is 1. The molecule has 1 saturated heterocycles. The van der Waals surface area contributed by atoms with Crippen molar-refractivity contribution in [2.24, 2.45) is 5.73 Å². The van der Waals surface area contributed by atoms with Gasteiger partial charge in [0.15, 0.2) is 0 Å². The molecule has 7 heteroatoms. The highest BCUT2D eigenvalue weighted by Crippen LogP contribution is 2.28. The lowest BCUT2D eigenvalue weighted by molar-refractivity contribution is -0.138. The lowest BCUT2D eigenvalue weighted by Gasteiger charge is -2.14. The van der Waals surface area contributed by atoms with E-state index in [0.29, 0.717) is 35.1 Å². The molecule has 156 valence electrons. The number of aliphatic carboxylic acids is 1. The minimum absolute atomic E-state index is 0.0194. The summed E-state index contributed by atoms with van der Waals surface area (Å²) in [6.07, 6.45) is 2.52. The number of fused-ring (bicyclic) bond motifs is 1. The van der Waals surface area contributed by atoms with Gasteiger partial charge < -0.3 is 25.3 Å². The van der Waals surface area contributed by atoms with E-state index in [4.69, 9.17) is 20.3 Å². The minimum atomic E-state index is -0.913. The maximum atomic E-state index is 11.9. The first kappa shape index (κ1) is 20.0. The predicted molar refractivity (Wildman–Crippen MR) is 114 cm³/mol. The fourth-order valence-electron chi connectivity index (χ4n) is 3.81. The first-order valence-electron chi connectivity index (χ1n) is 10.1. The molecule has 1 fully saturated rings. The van der Waals surface area contributed by atoms with Crippen LogP contribution in [-0.2, 0) is 11.2 Å². The lowest BCUT2D eigenvalue weighted by Crippen LogP contribution is -2.28. The van der Waals surface area contributed by atoms with Gasteiger partial charge in [0.05, 0.1) is 5.92 Å². The van der Waals surface area contributed by atoms with Crippen LogP contribution in [0.25, 0.3) is 11.0 Å². The highest BCUT2D eigenvalue weighted by atomic mass is 16.5. The lowest BCUT2D eigenvalue weighted by atomic mass is 9.94. The van der Waals surface area contributed by atoms with E-state index >= 15 is 0 Å². The summed E-state index contributed by atoms with van der Waals surface area (Å²) < 4.78 is 11.6. The number of hydrogen-bond donors (Lipinski definition) is 4. The number of rotatable bonds is 8. The van der Waals surface area contributed by atoms with E-state index in [-0.39, 0.29) is 12.3 Å². The van der Waals surface area contributed by atoms with Crippen molar-refractivity contribution < 1.29 is 19.1 Å². The van der Waals surface area contributed by atoms with Gasteiger partial charge in [0.25, 0.3) is 0 Å². The normalized spacial score (nSPS) is 17.1. The van der Waals surface area contributed by atoms with Gasteiger partial charge in [0.2, 0.25) is 0 Å². The second kappa shape index (κ2) is 8.59. The summed E-state index contributed by atoms with van der Waals surface area (Å²) in [6.45, 7) is 1.65. The Labute approximate surface area is 174 Å². The van der Waals surface area contributed by atoms with Crippen molar-refractivity contribution >= 4 is 22.8 Å². The van der Waals surface area contributed by atoms with Gasteiger partial charge in [-0.2, -0.15) is 0 Å². The Balaban J connectivity index is 1.47. The van der Waals surface area contributed by atoms with Crippen LogP contribution in [-0.4, -0.2) is 36.1 Å². The Hall–Kier alpha value is -3.32. The van der Waals surface area contributed by atoms with E-state index in [2.05, 4.69) is 5.32 Å². The highest BCUT2D eigenvalue weighted by Gasteiger charge is 2.23. The molecule has 0 amide bonds. The fourth-order valence-corrected chi connectivity index (χ4v) is 3.81. The summed E-state index contributed by atoms with van der Waals surface area (Å²) >= 11 is 0. The molecule has 0 bridgehead atoms. The molecular weight excluding hydrogens is 382 g/mol. The molecule has 5 N–H and O–H groups in total. The monoisotopic (exact) mass is 407 g/mol. The predicted octanol–water partition coefficient (Wildman–Crippen LogP) is 3.26. The fraction of sp³-hybridized carbons (Fsp3) is 0.304. The van der Waals surface area contributed by atoms with E-state index < -0.39 is 11.9 Å². The molecular formula is C23H25N3O4. The summed E-state index contributed by atoms with van der Waals surface area (Å²) in [4.78, 5) is 11.9. The number of nitrogens with one attached hydrogen (secondary N) is 2. The third kappa shape index (κ3) is 4.46.